The van der Waals surface area contributed by atoms with Crippen molar-refractivity contribution in [1.82, 2.24) is 29.3 Å². The van der Waals surface area contributed by atoms with E-state index in [0.717, 1.165) is 23.0 Å². The van der Waals surface area contributed by atoms with E-state index in [4.69, 9.17) is 4.98 Å². The average Bonchev–Trinajstić information content (AvgIpc) is 3.29. The van der Waals surface area contributed by atoms with E-state index in [1.165, 1.54) is 35.6 Å². The minimum absolute atomic E-state index is 0.0418. The van der Waals surface area contributed by atoms with Crippen molar-refractivity contribution in [3.8, 4) is 17.5 Å². The van der Waals surface area contributed by atoms with Gasteiger partial charge in [0.25, 0.3) is 5.56 Å². The highest BCUT2D eigenvalue weighted by Crippen LogP contribution is 2.39. The van der Waals surface area contributed by atoms with Crippen LogP contribution in [0.5, 0.6) is 0 Å². The van der Waals surface area contributed by atoms with E-state index in [2.05, 4.69) is 32.7 Å². The lowest BCUT2D eigenvalue weighted by Crippen LogP contribution is -2.25. The third-order valence-electron chi connectivity index (χ3n) is 6.48. The molecule has 34 heavy (non-hydrogen) atoms. The number of hydrogen-bond acceptors (Lipinski definition) is 7. The lowest BCUT2D eigenvalue weighted by atomic mass is 9.85. The molecule has 3 aromatic heterocycles. The molecular weight excluding hydrogens is 446 g/mol. The second-order valence-corrected chi connectivity index (χ2v) is 9.57. The Balaban J connectivity index is 1.54. The van der Waals surface area contributed by atoms with Gasteiger partial charge in [0.05, 0.1) is 22.7 Å². The molecule has 2 atom stereocenters. The number of nitriles is 1. The number of aromatic nitrogens is 6. The van der Waals surface area contributed by atoms with E-state index >= 15 is 0 Å². The Labute approximate surface area is 201 Å². The van der Waals surface area contributed by atoms with Gasteiger partial charge in [-0.05, 0) is 43.0 Å². The minimum atomic E-state index is -0.193. The third kappa shape index (κ3) is 4.21. The van der Waals surface area contributed by atoms with Crippen LogP contribution in [-0.4, -0.2) is 29.3 Å². The van der Waals surface area contributed by atoms with Crippen LogP contribution in [0.1, 0.15) is 44.5 Å². The molecule has 1 aliphatic carbocycles. The summed E-state index contributed by atoms with van der Waals surface area (Å²) in [5.74, 6) is 2.29. The van der Waals surface area contributed by atoms with Crippen LogP contribution in [-0.2, 0) is 12.3 Å². The van der Waals surface area contributed by atoms with Crippen molar-refractivity contribution < 1.29 is 0 Å². The zero-order valence-electron chi connectivity index (χ0n) is 19.0. The van der Waals surface area contributed by atoms with Gasteiger partial charge in [0, 0.05) is 24.0 Å². The van der Waals surface area contributed by atoms with Crippen LogP contribution in [0.15, 0.2) is 58.7 Å². The molecule has 0 amide bonds. The highest BCUT2D eigenvalue weighted by molar-refractivity contribution is 7.98. The van der Waals surface area contributed by atoms with Crippen molar-refractivity contribution >= 4 is 22.7 Å². The molecule has 172 valence electrons. The van der Waals surface area contributed by atoms with Crippen LogP contribution in [0, 0.1) is 17.2 Å². The molecule has 1 fully saturated rings. The van der Waals surface area contributed by atoms with Crippen LogP contribution in [0.3, 0.4) is 0 Å². The molecule has 4 aromatic rings. The number of benzene rings is 1. The van der Waals surface area contributed by atoms with Crippen LogP contribution in [0.4, 0.5) is 0 Å². The first-order chi connectivity index (χ1) is 16.7. The standard InChI is InChI=1S/C25H25N7OS/c1-17-7-2-5-11-21(17)32-23(18-8-6-13-27-15-18)29-30-25(32)34-16-22-28-20-10-4-3-9-19(20)24(33)31(22)14-12-26/h3-4,6,8-10,13,15,17,21H,2,5,7,11,14,16H2,1H3/t17-,21-/m0/s1. The summed E-state index contributed by atoms with van der Waals surface area (Å²) in [5.41, 5.74) is 1.38. The molecule has 0 saturated heterocycles. The van der Waals surface area contributed by atoms with Gasteiger partial charge >= 0.3 is 0 Å². The fraction of sp³-hybridized carbons (Fsp3) is 0.360. The number of nitrogens with zero attached hydrogens (tertiary/aromatic N) is 7. The first kappa shape index (κ1) is 22.3. The summed E-state index contributed by atoms with van der Waals surface area (Å²) in [6.45, 7) is 2.25. The lowest BCUT2D eigenvalue weighted by Gasteiger charge is -2.31. The highest BCUT2D eigenvalue weighted by Gasteiger charge is 2.29. The normalized spacial score (nSPS) is 18.1. The molecule has 0 radical (unpaired) electrons. The molecule has 0 N–H and O–H groups in total. The van der Waals surface area contributed by atoms with Crippen LogP contribution in [0.2, 0.25) is 0 Å². The Morgan fingerprint density at radius 2 is 2.00 bits per heavy atom. The number of thioether (sulfide) groups is 1. The van der Waals surface area contributed by atoms with E-state index in [9.17, 15) is 10.1 Å². The van der Waals surface area contributed by atoms with Crippen molar-refractivity contribution in [1.29, 1.82) is 5.26 Å². The molecule has 0 aliphatic heterocycles. The lowest BCUT2D eigenvalue weighted by molar-refractivity contribution is 0.247. The van der Waals surface area contributed by atoms with Gasteiger partial charge in [0.15, 0.2) is 11.0 Å². The first-order valence-electron chi connectivity index (χ1n) is 11.5. The minimum Gasteiger partial charge on any atom is -0.299 e. The van der Waals surface area contributed by atoms with Gasteiger partial charge in [0.2, 0.25) is 0 Å². The summed E-state index contributed by atoms with van der Waals surface area (Å²) < 4.78 is 3.71. The molecule has 0 unspecified atom stereocenters. The summed E-state index contributed by atoms with van der Waals surface area (Å²) in [5, 5.41) is 19.7. The highest BCUT2D eigenvalue weighted by atomic mass is 32.2. The molecular formula is C25H25N7OS. The molecule has 0 spiro atoms. The molecule has 1 aliphatic rings. The fourth-order valence-corrected chi connectivity index (χ4v) is 5.67. The van der Waals surface area contributed by atoms with Crippen LogP contribution >= 0.6 is 11.8 Å². The summed E-state index contributed by atoms with van der Waals surface area (Å²) in [6.07, 6.45) is 8.24. The average molecular weight is 472 g/mol. The zero-order chi connectivity index (χ0) is 23.5. The molecule has 1 saturated carbocycles. The maximum atomic E-state index is 13.0. The van der Waals surface area contributed by atoms with Gasteiger partial charge in [-0.15, -0.1) is 10.2 Å². The SMILES string of the molecule is C[C@H]1CCCC[C@@H]1n1c(SCc2nc3ccccc3c(=O)n2CC#N)nnc1-c1cccnc1. The van der Waals surface area contributed by atoms with Crippen molar-refractivity contribution in [2.75, 3.05) is 0 Å². The van der Waals surface area contributed by atoms with Crippen LogP contribution in [0.25, 0.3) is 22.3 Å². The van der Waals surface area contributed by atoms with Crippen molar-refractivity contribution in [2.24, 2.45) is 5.92 Å². The third-order valence-corrected chi connectivity index (χ3v) is 7.42. The van der Waals surface area contributed by atoms with Crippen molar-refractivity contribution in [3.05, 3.63) is 65.0 Å². The predicted octanol–water partition coefficient (Wildman–Crippen LogP) is 4.62. The predicted molar refractivity (Wildman–Crippen MR) is 131 cm³/mol. The molecule has 8 nitrogen and oxygen atoms in total. The number of para-hydroxylation sites is 1. The number of pyridine rings is 1. The summed E-state index contributed by atoms with van der Waals surface area (Å²) >= 11 is 1.51. The monoisotopic (exact) mass is 471 g/mol. The van der Waals surface area contributed by atoms with Gasteiger partial charge in [0.1, 0.15) is 12.4 Å². The van der Waals surface area contributed by atoms with E-state index in [-0.39, 0.29) is 12.1 Å². The molecule has 0 bridgehead atoms. The van der Waals surface area contributed by atoms with E-state index in [1.54, 1.807) is 12.3 Å². The number of rotatable bonds is 6. The Morgan fingerprint density at radius 1 is 1.15 bits per heavy atom. The zero-order valence-corrected chi connectivity index (χ0v) is 19.8. The summed E-state index contributed by atoms with van der Waals surface area (Å²) in [6, 6.07) is 13.6. The fourth-order valence-electron chi connectivity index (χ4n) is 4.73. The van der Waals surface area contributed by atoms with E-state index in [1.807, 2.05) is 36.5 Å². The number of fused-ring (bicyclic) bond motifs is 1. The van der Waals surface area contributed by atoms with Gasteiger partial charge in [-0.1, -0.05) is 43.7 Å². The molecule has 9 heteroatoms. The topological polar surface area (TPSA) is 102 Å². The van der Waals surface area contributed by atoms with Crippen molar-refractivity contribution in [2.45, 2.75) is 56.1 Å². The van der Waals surface area contributed by atoms with Crippen LogP contribution < -0.4 is 5.56 Å². The largest absolute Gasteiger partial charge is 0.299 e. The first-order valence-corrected chi connectivity index (χ1v) is 12.5. The van der Waals surface area contributed by atoms with Gasteiger partial charge < -0.3 is 0 Å². The molecule has 1 aromatic carbocycles. The van der Waals surface area contributed by atoms with Crippen molar-refractivity contribution in [3.63, 3.8) is 0 Å². The Bertz CT molecular complexity index is 1410. The maximum absolute atomic E-state index is 13.0. The summed E-state index contributed by atoms with van der Waals surface area (Å²) in [7, 11) is 0. The Kier molecular flexibility index (Phi) is 6.41. The van der Waals surface area contributed by atoms with E-state index < -0.39 is 0 Å². The second-order valence-electron chi connectivity index (χ2n) is 8.63. The Morgan fingerprint density at radius 3 is 2.79 bits per heavy atom. The maximum Gasteiger partial charge on any atom is 0.262 e. The second kappa shape index (κ2) is 9.77. The van der Waals surface area contributed by atoms with Gasteiger partial charge in [-0.2, -0.15) is 5.26 Å². The summed E-state index contributed by atoms with van der Waals surface area (Å²) in [4.78, 5) is 22.0. The van der Waals surface area contributed by atoms with Gasteiger partial charge in [-0.3, -0.25) is 18.9 Å². The Hall–Kier alpha value is -3.51. The quantitative estimate of drug-likeness (QED) is 0.378. The molecule has 3 heterocycles. The van der Waals surface area contributed by atoms with Gasteiger partial charge in [-0.25, -0.2) is 4.98 Å². The number of hydrogen-bond donors (Lipinski definition) is 0. The van der Waals surface area contributed by atoms with E-state index in [0.29, 0.717) is 34.4 Å². The molecule has 5 rings (SSSR count). The smallest absolute Gasteiger partial charge is 0.262 e.